The first kappa shape index (κ1) is 9.36. The van der Waals surface area contributed by atoms with E-state index in [1.165, 1.54) is 31.8 Å². The Morgan fingerprint density at radius 2 is 2.27 bits per heavy atom. The van der Waals surface area contributed by atoms with Crippen LogP contribution in [0.5, 0.6) is 0 Å². The van der Waals surface area contributed by atoms with Gasteiger partial charge in [-0.15, -0.1) is 0 Å². The van der Waals surface area contributed by atoms with Crippen LogP contribution in [0, 0.1) is 0 Å². The maximum Gasteiger partial charge on any atom is 0.0342 e. The Kier molecular flexibility index (Phi) is 4.26. The molecule has 0 aromatic carbocycles. The van der Waals surface area contributed by atoms with Crippen LogP contribution in [0.15, 0.2) is 0 Å². The zero-order valence-corrected chi connectivity index (χ0v) is 8.28. The zero-order chi connectivity index (χ0) is 8.10. The summed E-state index contributed by atoms with van der Waals surface area (Å²) in [5.74, 6) is 1.30. The summed E-state index contributed by atoms with van der Waals surface area (Å²) < 4.78 is 0. The third-order valence-electron chi connectivity index (χ3n) is 2.24. The van der Waals surface area contributed by atoms with Gasteiger partial charge in [-0.25, -0.2) is 0 Å². The van der Waals surface area contributed by atoms with Gasteiger partial charge in [0.1, 0.15) is 0 Å². The van der Waals surface area contributed by atoms with E-state index in [-0.39, 0.29) is 0 Å². The normalized spacial score (nSPS) is 18.8. The Morgan fingerprint density at radius 1 is 1.55 bits per heavy atom. The van der Waals surface area contributed by atoms with Gasteiger partial charge in [0.25, 0.3) is 0 Å². The summed E-state index contributed by atoms with van der Waals surface area (Å²) >= 11 is 1.94. The minimum absolute atomic E-state index is 0.817. The first-order chi connectivity index (χ1) is 5.34. The van der Waals surface area contributed by atoms with E-state index in [1.54, 1.807) is 0 Å². The second-order valence-electron chi connectivity index (χ2n) is 3.14. The molecule has 0 radical (unpaired) electrons. The van der Waals surface area contributed by atoms with E-state index in [4.69, 9.17) is 0 Å². The van der Waals surface area contributed by atoms with Crippen molar-refractivity contribution < 1.29 is 0 Å². The first-order valence-electron chi connectivity index (χ1n) is 4.24. The summed E-state index contributed by atoms with van der Waals surface area (Å²) in [6, 6.07) is 0.817. The fourth-order valence-electron chi connectivity index (χ4n) is 1.23. The van der Waals surface area contributed by atoms with Crippen LogP contribution < -0.4 is 5.32 Å². The third kappa shape index (κ3) is 3.01. The Bertz CT molecular complexity index is 104. The molecule has 0 aromatic rings. The minimum Gasteiger partial charge on any atom is -0.314 e. The molecule has 1 N–H and O–H groups in total. The van der Waals surface area contributed by atoms with Crippen molar-refractivity contribution in [2.45, 2.75) is 12.5 Å². The molecule has 11 heavy (non-hydrogen) atoms. The predicted molar refractivity (Wildman–Crippen MR) is 52.3 cm³/mol. The molecule has 1 fully saturated rings. The summed E-state index contributed by atoms with van der Waals surface area (Å²) in [5, 5.41) is 3.29. The molecular weight excluding hydrogens is 156 g/mol. The van der Waals surface area contributed by atoms with Crippen LogP contribution in [-0.4, -0.2) is 49.6 Å². The molecule has 1 rings (SSSR count). The number of rotatable bonds is 5. The summed E-state index contributed by atoms with van der Waals surface area (Å²) in [7, 11) is 2.23. The van der Waals surface area contributed by atoms with Crippen LogP contribution in [-0.2, 0) is 0 Å². The van der Waals surface area contributed by atoms with Crippen molar-refractivity contribution in [2.75, 3.05) is 38.7 Å². The zero-order valence-electron chi connectivity index (χ0n) is 7.47. The van der Waals surface area contributed by atoms with Crippen molar-refractivity contribution in [3.8, 4) is 0 Å². The highest BCUT2D eigenvalue weighted by molar-refractivity contribution is 7.98. The van der Waals surface area contributed by atoms with Crippen LogP contribution in [0.2, 0.25) is 0 Å². The van der Waals surface area contributed by atoms with Gasteiger partial charge in [0.2, 0.25) is 0 Å². The van der Waals surface area contributed by atoms with E-state index in [0.29, 0.717) is 0 Å². The molecular formula is C8H18N2S. The molecule has 0 saturated carbocycles. The van der Waals surface area contributed by atoms with Gasteiger partial charge in [-0.1, -0.05) is 0 Å². The van der Waals surface area contributed by atoms with Crippen LogP contribution in [0.4, 0.5) is 0 Å². The Balaban J connectivity index is 1.96. The van der Waals surface area contributed by atoms with E-state index in [9.17, 15) is 0 Å². The summed E-state index contributed by atoms with van der Waals surface area (Å²) in [6.45, 7) is 3.64. The fraction of sp³-hybridized carbons (Fsp3) is 1.00. The molecule has 1 aliphatic heterocycles. The minimum atomic E-state index is 0.817. The van der Waals surface area contributed by atoms with E-state index >= 15 is 0 Å². The maximum atomic E-state index is 3.29. The molecule has 0 aliphatic carbocycles. The van der Waals surface area contributed by atoms with Crippen LogP contribution in [0.25, 0.3) is 0 Å². The maximum absolute atomic E-state index is 3.29. The Labute approximate surface area is 73.7 Å². The van der Waals surface area contributed by atoms with Crippen molar-refractivity contribution in [3.05, 3.63) is 0 Å². The second-order valence-corrected chi connectivity index (χ2v) is 4.12. The number of nitrogens with one attached hydrogen (secondary N) is 1. The summed E-state index contributed by atoms with van der Waals surface area (Å²) in [4.78, 5) is 2.46. The van der Waals surface area contributed by atoms with Crippen molar-refractivity contribution in [3.63, 3.8) is 0 Å². The van der Waals surface area contributed by atoms with Gasteiger partial charge >= 0.3 is 0 Å². The molecule has 0 aromatic heterocycles. The van der Waals surface area contributed by atoms with Crippen LogP contribution in [0.1, 0.15) is 6.42 Å². The highest BCUT2D eigenvalue weighted by atomic mass is 32.2. The highest BCUT2D eigenvalue weighted by Gasteiger charge is 2.20. The lowest BCUT2D eigenvalue weighted by Crippen LogP contribution is -2.56. The monoisotopic (exact) mass is 174 g/mol. The van der Waals surface area contributed by atoms with Gasteiger partial charge in [-0.2, -0.15) is 11.8 Å². The topological polar surface area (TPSA) is 15.3 Å². The largest absolute Gasteiger partial charge is 0.314 e. The average Bonchev–Trinajstić information content (AvgIpc) is 1.84. The predicted octanol–water partition coefficient (Wildman–Crippen LogP) is 0.643. The molecule has 1 heterocycles. The molecule has 1 saturated heterocycles. The first-order valence-corrected chi connectivity index (χ1v) is 5.64. The van der Waals surface area contributed by atoms with Crippen molar-refractivity contribution >= 4 is 11.8 Å². The highest BCUT2D eigenvalue weighted by Crippen LogP contribution is 2.04. The number of nitrogens with zero attached hydrogens (tertiary/aromatic N) is 1. The lowest BCUT2D eigenvalue weighted by atomic mass is 10.1. The molecule has 0 atom stereocenters. The Morgan fingerprint density at radius 3 is 2.73 bits per heavy atom. The van der Waals surface area contributed by atoms with E-state index in [2.05, 4.69) is 23.5 Å². The summed E-state index contributed by atoms with van der Waals surface area (Å²) in [5.41, 5.74) is 0. The lowest BCUT2D eigenvalue weighted by molar-refractivity contribution is 0.181. The second kappa shape index (κ2) is 5.01. The van der Waals surface area contributed by atoms with E-state index in [0.717, 1.165) is 6.04 Å². The van der Waals surface area contributed by atoms with Gasteiger partial charge in [-0.3, -0.25) is 0 Å². The molecule has 2 nitrogen and oxygen atoms in total. The van der Waals surface area contributed by atoms with Crippen molar-refractivity contribution in [2.24, 2.45) is 0 Å². The van der Waals surface area contributed by atoms with Crippen molar-refractivity contribution in [1.29, 1.82) is 0 Å². The number of hydrogen-bond acceptors (Lipinski definition) is 3. The number of hydrogen-bond donors (Lipinski definition) is 1. The van der Waals surface area contributed by atoms with Crippen LogP contribution in [0.3, 0.4) is 0 Å². The molecule has 0 amide bonds. The molecule has 1 aliphatic rings. The van der Waals surface area contributed by atoms with Crippen LogP contribution >= 0.6 is 11.8 Å². The molecule has 0 spiro atoms. The average molecular weight is 174 g/mol. The Hall–Kier alpha value is 0.270. The molecule has 3 heteroatoms. The molecule has 0 bridgehead atoms. The van der Waals surface area contributed by atoms with Gasteiger partial charge in [-0.05, 0) is 32.0 Å². The molecule has 66 valence electrons. The van der Waals surface area contributed by atoms with E-state index in [1.807, 2.05) is 11.8 Å². The summed E-state index contributed by atoms with van der Waals surface area (Å²) in [6.07, 6.45) is 3.50. The van der Waals surface area contributed by atoms with E-state index < -0.39 is 0 Å². The smallest absolute Gasteiger partial charge is 0.0342 e. The third-order valence-corrected chi connectivity index (χ3v) is 2.94. The SMILES string of the molecule is CSCCCN(C)C1CNC1. The fourth-order valence-corrected chi connectivity index (χ4v) is 1.64. The molecule has 0 unspecified atom stereocenters. The number of thioether (sulfide) groups is 1. The van der Waals surface area contributed by atoms with Gasteiger partial charge in [0.15, 0.2) is 0 Å². The number of likely N-dealkylation sites (N-methyl/N-ethyl adjacent to an activating group) is 1. The lowest BCUT2D eigenvalue weighted by Gasteiger charge is -2.35. The van der Waals surface area contributed by atoms with Gasteiger partial charge < -0.3 is 10.2 Å². The van der Waals surface area contributed by atoms with Crippen molar-refractivity contribution in [1.82, 2.24) is 10.2 Å². The van der Waals surface area contributed by atoms with Gasteiger partial charge in [0, 0.05) is 19.1 Å². The standard InChI is InChI=1S/C8H18N2S/c1-10(4-3-5-11-2)8-6-9-7-8/h8-9H,3-7H2,1-2H3. The van der Waals surface area contributed by atoms with Gasteiger partial charge in [0.05, 0.1) is 0 Å². The quantitative estimate of drug-likeness (QED) is 0.616.